The van der Waals surface area contributed by atoms with Crippen LogP contribution in [0.3, 0.4) is 0 Å². The highest BCUT2D eigenvalue weighted by Gasteiger charge is 2.20. The van der Waals surface area contributed by atoms with Crippen molar-refractivity contribution in [3.8, 4) is 0 Å². The quantitative estimate of drug-likeness (QED) is 0.744. The molecule has 0 radical (unpaired) electrons. The van der Waals surface area contributed by atoms with Crippen LogP contribution >= 0.6 is 22.6 Å². The van der Waals surface area contributed by atoms with Crippen molar-refractivity contribution in [2.24, 2.45) is 14.1 Å². The smallest absolute Gasteiger partial charge is 0.275 e. The molecule has 0 unspecified atom stereocenters. The summed E-state index contributed by atoms with van der Waals surface area (Å²) in [5.41, 5.74) is 0.951. The summed E-state index contributed by atoms with van der Waals surface area (Å²) < 4.78 is 3.68. The maximum absolute atomic E-state index is 12.2. The molecule has 106 valence electrons. The summed E-state index contributed by atoms with van der Waals surface area (Å²) in [4.78, 5) is 23.9. The van der Waals surface area contributed by atoms with E-state index < -0.39 is 0 Å². The Balaban J connectivity index is 2.31. The molecule has 2 rings (SSSR count). The van der Waals surface area contributed by atoms with E-state index in [4.69, 9.17) is 0 Å². The monoisotopic (exact) mass is 388 g/mol. The van der Waals surface area contributed by atoms with Crippen LogP contribution in [0, 0.1) is 3.57 Å². The number of nitrogens with zero attached hydrogens (tertiary/aromatic N) is 4. The number of aromatic nitrogens is 4. The summed E-state index contributed by atoms with van der Waals surface area (Å²) in [6.45, 7) is 0. The van der Waals surface area contributed by atoms with E-state index >= 15 is 0 Å². The van der Waals surface area contributed by atoms with Crippen molar-refractivity contribution in [1.82, 2.24) is 24.9 Å². The number of carbonyl (C=O) groups excluding carboxylic acids is 2. The average Bonchev–Trinajstić information content (AvgIpc) is 2.91. The minimum Gasteiger partial charge on any atom is -0.354 e. The van der Waals surface area contributed by atoms with Gasteiger partial charge in [0.05, 0.1) is 15.5 Å². The molecule has 20 heavy (non-hydrogen) atoms. The number of aryl methyl sites for hydroxylation is 2. The number of amides is 2. The number of anilines is 1. The Labute approximate surface area is 128 Å². The van der Waals surface area contributed by atoms with Crippen molar-refractivity contribution in [3.63, 3.8) is 0 Å². The standard InChI is InChI=1S/C11H13IN6O2/c1-13-10(19)8-7(5-17(2)16-8)15-11(20)9-6(12)4-14-18(9)3/h4-5H,1-3H3,(H,13,19)(H,15,20). The predicted molar refractivity (Wildman–Crippen MR) is 80.5 cm³/mol. The third-order valence-corrected chi connectivity index (χ3v) is 3.42. The SMILES string of the molecule is CNC(=O)c1nn(C)cc1NC(=O)c1c(I)cnn1C. The van der Waals surface area contributed by atoms with Gasteiger partial charge in [-0.3, -0.25) is 19.0 Å². The summed E-state index contributed by atoms with van der Waals surface area (Å²) >= 11 is 2.03. The average molecular weight is 388 g/mol. The van der Waals surface area contributed by atoms with Crippen LogP contribution in [0.1, 0.15) is 21.0 Å². The van der Waals surface area contributed by atoms with E-state index in [0.29, 0.717) is 11.4 Å². The normalized spacial score (nSPS) is 10.4. The molecular weight excluding hydrogens is 375 g/mol. The van der Waals surface area contributed by atoms with Gasteiger partial charge in [-0.05, 0) is 22.6 Å². The van der Waals surface area contributed by atoms with Gasteiger partial charge in [-0.2, -0.15) is 10.2 Å². The molecule has 0 fully saturated rings. The van der Waals surface area contributed by atoms with Crippen LogP contribution in [0.25, 0.3) is 0 Å². The molecule has 0 aromatic carbocycles. The zero-order valence-electron chi connectivity index (χ0n) is 11.1. The van der Waals surface area contributed by atoms with Crippen molar-refractivity contribution in [2.75, 3.05) is 12.4 Å². The Hall–Kier alpha value is -1.91. The van der Waals surface area contributed by atoms with Gasteiger partial charge >= 0.3 is 0 Å². The Morgan fingerprint density at radius 3 is 2.55 bits per heavy atom. The van der Waals surface area contributed by atoms with Crippen LogP contribution in [0.2, 0.25) is 0 Å². The number of nitrogens with one attached hydrogen (secondary N) is 2. The lowest BCUT2D eigenvalue weighted by molar-refractivity contribution is 0.0958. The van der Waals surface area contributed by atoms with E-state index in [-0.39, 0.29) is 17.5 Å². The Morgan fingerprint density at radius 1 is 1.30 bits per heavy atom. The third-order valence-electron chi connectivity index (χ3n) is 2.63. The minimum atomic E-state index is -0.361. The summed E-state index contributed by atoms with van der Waals surface area (Å²) in [6, 6.07) is 0. The van der Waals surface area contributed by atoms with Gasteiger partial charge < -0.3 is 10.6 Å². The zero-order chi connectivity index (χ0) is 14.9. The molecule has 2 aromatic rings. The molecule has 2 heterocycles. The van der Waals surface area contributed by atoms with Gasteiger partial charge in [0.15, 0.2) is 5.69 Å². The molecule has 0 aliphatic rings. The van der Waals surface area contributed by atoms with Crippen LogP contribution in [-0.2, 0) is 14.1 Å². The van der Waals surface area contributed by atoms with Crippen LogP contribution < -0.4 is 10.6 Å². The molecule has 0 bridgehead atoms. The number of halogens is 1. The Bertz CT molecular complexity index is 655. The van der Waals surface area contributed by atoms with Gasteiger partial charge in [-0.25, -0.2) is 0 Å². The second kappa shape index (κ2) is 5.61. The fourth-order valence-corrected chi connectivity index (χ4v) is 2.43. The molecule has 2 aromatic heterocycles. The zero-order valence-corrected chi connectivity index (χ0v) is 13.3. The molecule has 0 aliphatic carbocycles. The maximum atomic E-state index is 12.2. The highest BCUT2D eigenvalue weighted by atomic mass is 127. The maximum Gasteiger partial charge on any atom is 0.275 e. The van der Waals surface area contributed by atoms with Crippen molar-refractivity contribution in [2.45, 2.75) is 0 Å². The van der Waals surface area contributed by atoms with Crippen molar-refractivity contribution in [3.05, 3.63) is 27.4 Å². The number of hydrogen-bond donors (Lipinski definition) is 2. The van der Waals surface area contributed by atoms with E-state index in [2.05, 4.69) is 20.8 Å². The fraction of sp³-hybridized carbons (Fsp3) is 0.273. The van der Waals surface area contributed by atoms with E-state index in [0.717, 1.165) is 3.57 Å². The van der Waals surface area contributed by atoms with Gasteiger partial charge in [-0.15, -0.1) is 0 Å². The highest BCUT2D eigenvalue weighted by molar-refractivity contribution is 14.1. The van der Waals surface area contributed by atoms with Crippen LogP contribution in [-0.4, -0.2) is 38.4 Å². The molecule has 0 saturated carbocycles. The Kier molecular flexibility index (Phi) is 4.06. The summed E-state index contributed by atoms with van der Waals surface area (Å²) in [7, 11) is 4.86. The molecule has 0 saturated heterocycles. The van der Waals surface area contributed by atoms with Gasteiger partial charge in [0.25, 0.3) is 11.8 Å². The first kappa shape index (κ1) is 14.5. The molecule has 2 amide bonds. The molecule has 0 aliphatic heterocycles. The second-order valence-corrected chi connectivity index (χ2v) is 5.23. The minimum absolute atomic E-state index is 0.167. The summed E-state index contributed by atoms with van der Waals surface area (Å²) in [6.07, 6.45) is 3.17. The fourth-order valence-electron chi connectivity index (χ4n) is 1.71. The second-order valence-electron chi connectivity index (χ2n) is 4.06. The molecule has 9 heteroatoms. The lowest BCUT2D eigenvalue weighted by Crippen LogP contribution is -2.22. The Morgan fingerprint density at radius 2 is 2.00 bits per heavy atom. The lowest BCUT2D eigenvalue weighted by Gasteiger charge is -2.05. The predicted octanol–water partition coefficient (Wildman–Crippen LogP) is 0.370. The largest absolute Gasteiger partial charge is 0.354 e. The van der Waals surface area contributed by atoms with Gasteiger partial charge in [0.1, 0.15) is 5.69 Å². The van der Waals surface area contributed by atoms with Crippen LogP contribution in [0.4, 0.5) is 5.69 Å². The molecule has 0 atom stereocenters. The van der Waals surface area contributed by atoms with Gasteiger partial charge in [-0.1, -0.05) is 0 Å². The first-order valence-corrected chi connectivity index (χ1v) is 6.76. The lowest BCUT2D eigenvalue weighted by atomic mass is 10.3. The van der Waals surface area contributed by atoms with Gasteiger partial charge in [0, 0.05) is 27.3 Å². The first-order chi connectivity index (χ1) is 9.43. The van der Waals surface area contributed by atoms with Gasteiger partial charge in [0.2, 0.25) is 0 Å². The topological polar surface area (TPSA) is 93.8 Å². The highest BCUT2D eigenvalue weighted by Crippen LogP contribution is 2.17. The summed E-state index contributed by atoms with van der Waals surface area (Å²) in [5.74, 6) is -0.701. The van der Waals surface area contributed by atoms with E-state index in [1.54, 1.807) is 26.5 Å². The number of carbonyl (C=O) groups is 2. The van der Waals surface area contributed by atoms with E-state index in [1.807, 2.05) is 22.6 Å². The van der Waals surface area contributed by atoms with Crippen molar-refractivity contribution >= 4 is 40.1 Å². The van der Waals surface area contributed by atoms with Crippen LogP contribution in [0.15, 0.2) is 12.4 Å². The molecular formula is C11H13IN6O2. The molecule has 8 nitrogen and oxygen atoms in total. The molecule has 2 N–H and O–H groups in total. The summed E-state index contributed by atoms with van der Waals surface area (Å²) in [5, 5.41) is 13.2. The van der Waals surface area contributed by atoms with Crippen LogP contribution in [0.5, 0.6) is 0 Å². The molecule has 0 spiro atoms. The van der Waals surface area contributed by atoms with Crippen molar-refractivity contribution in [1.29, 1.82) is 0 Å². The van der Waals surface area contributed by atoms with E-state index in [1.165, 1.54) is 16.4 Å². The first-order valence-electron chi connectivity index (χ1n) is 5.68. The number of rotatable bonds is 3. The number of hydrogen-bond acceptors (Lipinski definition) is 4. The van der Waals surface area contributed by atoms with E-state index in [9.17, 15) is 9.59 Å². The third kappa shape index (κ3) is 2.66. The van der Waals surface area contributed by atoms with Crippen molar-refractivity contribution < 1.29 is 9.59 Å².